The van der Waals surface area contributed by atoms with Crippen LogP contribution in [-0.4, -0.2) is 26.0 Å². The summed E-state index contributed by atoms with van der Waals surface area (Å²) in [7, 11) is 0. The summed E-state index contributed by atoms with van der Waals surface area (Å²) in [6, 6.07) is 4.90. The highest BCUT2D eigenvalue weighted by atomic mass is 32.2. The SMILES string of the molecule is CC(N)Cc1c(F)cccc1Sc1ncnc2nc[nH]c12. The average Bonchev–Trinajstić information content (AvgIpc) is 2.92. The number of benzene rings is 1. The summed E-state index contributed by atoms with van der Waals surface area (Å²) in [4.78, 5) is 16.2. The van der Waals surface area contributed by atoms with Gasteiger partial charge in [0.05, 0.1) is 6.33 Å². The lowest BCUT2D eigenvalue weighted by Crippen LogP contribution is -2.19. The van der Waals surface area contributed by atoms with Crippen molar-refractivity contribution in [3.05, 3.63) is 42.2 Å². The standard InChI is InChI=1S/C14H14FN5S/c1-8(16)5-9-10(15)3-2-4-11(9)21-14-12-13(18-6-17-12)19-7-20-14/h2-4,6-8H,5,16H2,1H3,(H,17,18,19,20). The molecule has 2 heterocycles. The third-order valence-electron chi connectivity index (χ3n) is 3.00. The zero-order chi connectivity index (χ0) is 14.8. The van der Waals surface area contributed by atoms with Crippen LogP contribution < -0.4 is 5.73 Å². The number of nitrogens with zero attached hydrogens (tertiary/aromatic N) is 3. The maximum absolute atomic E-state index is 14.0. The Kier molecular flexibility index (Phi) is 3.85. The van der Waals surface area contributed by atoms with Crippen LogP contribution in [0.5, 0.6) is 0 Å². The summed E-state index contributed by atoms with van der Waals surface area (Å²) in [6.45, 7) is 1.86. The zero-order valence-electron chi connectivity index (χ0n) is 11.4. The van der Waals surface area contributed by atoms with Crippen LogP contribution >= 0.6 is 11.8 Å². The number of aromatic nitrogens is 4. The molecule has 0 amide bonds. The number of hydrogen-bond donors (Lipinski definition) is 2. The molecule has 0 aliphatic carbocycles. The molecule has 0 spiro atoms. The van der Waals surface area contributed by atoms with Crippen molar-refractivity contribution < 1.29 is 4.39 Å². The van der Waals surface area contributed by atoms with E-state index in [1.165, 1.54) is 24.2 Å². The maximum atomic E-state index is 14.0. The Morgan fingerprint density at radius 3 is 3.00 bits per heavy atom. The first-order chi connectivity index (χ1) is 10.1. The summed E-state index contributed by atoms with van der Waals surface area (Å²) >= 11 is 1.39. The van der Waals surface area contributed by atoms with Crippen LogP contribution in [0, 0.1) is 5.82 Å². The highest BCUT2D eigenvalue weighted by Gasteiger charge is 2.14. The molecule has 0 aliphatic heterocycles. The van der Waals surface area contributed by atoms with Gasteiger partial charge in [-0.05, 0) is 25.5 Å². The van der Waals surface area contributed by atoms with Gasteiger partial charge < -0.3 is 10.7 Å². The van der Waals surface area contributed by atoms with Crippen LogP contribution in [0.3, 0.4) is 0 Å². The maximum Gasteiger partial charge on any atom is 0.181 e. The summed E-state index contributed by atoms with van der Waals surface area (Å²) < 4.78 is 14.0. The molecule has 0 saturated carbocycles. The number of nitrogens with two attached hydrogens (primary N) is 1. The molecule has 2 aromatic heterocycles. The molecule has 0 saturated heterocycles. The number of nitrogens with one attached hydrogen (secondary N) is 1. The smallest absolute Gasteiger partial charge is 0.181 e. The van der Waals surface area contributed by atoms with Crippen LogP contribution in [0.4, 0.5) is 4.39 Å². The third-order valence-corrected chi connectivity index (χ3v) is 4.10. The lowest BCUT2D eigenvalue weighted by molar-refractivity contribution is 0.588. The van der Waals surface area contributed by atoms with Crippen molar-refractivity contribution >= 4 is 22.9 Å². The minimum atomic E-state index is -0.243. The summed E-state index contributed by atoms with van der Waals surface area (Å²) in [5, 5.41) is 0.717. The summed E-state index contributed by atoms with van der Waals surface area (Å²) in [5.41, 5.74) is 7.77. The van der Waals surface area contributed by atoms with Crippen molar-refractivity contribution in [1.82, 2.24) is 19.9 Å². The topological polar surface area (TPSA) is 80.5 Å². The molecule has 7 heteroatoms. The van der Waals surface area contributed by atoms with E-state index < -0.39 is 0 Å². The van der Waals surface area contributed by atoms with E-state index in [9.17, 15) is 4.39 Å². The molecule has 1 aromatic carbocycles. The molecule has 5 nitrogen and oxygen atoms in total. The van der Waals surface area contributed by atoms with Gasteiger partial charge in [-0.2, -0.15) is 0 Å². The largest absolute Gasteiger partial charge is 0.341 e. The minimum Gasteiger partial charge on any atom is -0.341 e. The van der Waals surface area contributed by atoms with E-state index in [2.05, 4.69) is 19.9 Å². The first-order valence-electron chi connectivity index (χ1n) is 6.50. The fraction of sp³-hybridized carbons (Fsp3) is 0.214. The van der Waals surface area contributed by atoms with E-state index in [1.807, 2.05) is 13.0 Å². The predicted molar refractivity (Wildman–Crippen MR) is 79.6 cm³/mol. The van der Waals surface area contributed by atoms with E-state index in [0.29, 0.717) is 22.7 Å². The van der Waals surface area contributed by atoms with E-state index in [0.717, 1.165) is 10.4 Å². The number of hydrogen-bond acceptors (Lipinski definition) is 5. The normalized spacial score (nSPS) is 12.7. The Bertz CT molecular complexity index is 771. The Morgan fingerprint density at radius 1 is 1.33 bits per heavy atom. The molecule has 1 atom stereocenters. The van der Waals surface area contributed by atoms with Crippen molar-refractivity contribution in [1.29, 1.82) is 0 Å². The molecule has 0 aliphatic rings. The lowest BCUT2D eigenvalue weighted by Gasteiger charge is -2.12. The predicted octanol–water partition coefficient (Wildman–Crippen LogP) is 2.53. The van der Waals surface area contributed by atoms with Gasteiger partial charge in [0.2, 0.25) is 0 Å². The number of imidazole rings is 1. The molecule has 21 heavy (non-hydrogen) atoms. The highest BCUT2D eigenvalue weighted by Crippen LogP contribution is 2.33. The second kappa shape index (κ2) is 5.79. The van der Waals surface area contributed by atoms with Crippen molar-refractivity contribution in [3.63, 3.8) is 0 Å². The Balaban J connectivity index is 2.02. The Morgan fingerprint density at radius 2 is 2.19 bits per heavy atom. The van der Waals surface area contributed by atoms with Crippen molar-refractivity contribution in [2.75, 3.05) is 0 Å². The molecule has 3 aromatic rings. The van der Waals surface area contributed by atoms with Gasteiger partial charge in [-0.3, -0.25) is 0 Å². The van der Waals surface area contributed by atoms with E-state index >= 15 is 0 Å². The van der Waals surface area contributed by atoms with Crippen LogP contribution in [-0.2, 0) is 6.42 Å². The van der Waals surface area contributed by atoms with Crippen LogP contribution in [0.1, 0.15) is 12.5 Å². The van der Waals surface area contributed by atoms with E-state index in [1.54, 1.807) is 12.4 Å². The Hall–Kier alpha value is -1.99. The van der Waals surface area contributed by atoms with E-state index in [4.69, 9.17) is 5.73 Å². The minimum absolute atomic E-state index is 0.112. The lowest BCUT2D eigenvalue weighted by atomic mass is 10.1. The van der Waals surface area contributed by atoms with Gasteiger partial charge in [0.15, 0.2) is 5.65 Å². The molecule has 0 radical (unpaired) electrons. The van der Waals surface area contributed by atoms with Gasteiger partial charge in [-0.25, -0.2) is 19.3 Å². The third kappa shape index (κ3) is 2.88. The second-order valence-corrected chi connectivity index (χ2v) is 5.81. The highest BCUT2D eigenvalue weighted by molar-refractivity contribution is 7.99. The average molecular weight is 303 g/mol. The van der Waals surface area contributed by atoms with Gasteiger partial charge in [0.25, 0.3) is 0 Å². The van der Waals surface area contributed by atoms with Gasteiger partial charge in [0, 0.05) is 16.5 Å². The monoisotopic (exact) mass is 303 g/mol. The number of aromatic amines is 1. The molecular formula is C14H14FN5S. The molecular weight excluding hydrogens is 289 g/mol. The zero-order valence-corrected chi connectivity index (χ0v) is 12.2. The second-order valence-electron chi connectivity index (χ2n) is 4.78. The first kappa shape index (κ1) is 14.0. The summed E-state index contributed by atoms with van der Waals surface area (Å²) in [5.74, 6) is -0.243. The number of fused-ring (bicyclic) bond motifs is 1. The van der Waals surface area contributed by atoms with Gasteiger partial charge in [-0.1, -0.05) is 17.8 Å². The van der Waals surface area contributed by atoms with Crippen molar-refractivity contribution in [2.45, 2.75) is 29.3 Å². The first-order valence-corrected chi connectivity index (χ1v) is 7.31. The number of H-pyrrole nitrogens is 1. The molecule has 1 unspecified atom stereocenters. The quantitative estimate of drug-likeness (QED) is 0.724. The van der Waals surface area contributed by atoms with Gasteiger partial charge in [-0.15, -0.1) is 0 Å². The van der Waals surface area contributed by atoms with Crippen LogP contribution in [0.15, 0.2) is 40.8 Å². The molecule has 108 valence electrons. The molecule has 3 N–H and O–H groups in total. The van der Waals surface area contributed by atoms with Crippen LogP contribution in [0.2, 0.25) is 0 Å². The van der Waals surface area contributed by atoms with Crippen molar-refractivity contribution in [3.8, 4) is 0 Å². The van der Waals surface area contributed by atoms with Crippen molar-refractivity contribution in [2.24, 2.45) is 5.73 Å². The van der Waals surface area contributed by atoms with Crippen LogP contribution in [0.25, 0.3) is 11.2 Å². The molecule has 0 fully saturated rings. The summed E-state index contributed by atoms with van der Waals surface area (Å²) in [6.07, 6.45) is 3.50. The Labute approximate surface area is 125 Å². The number of halogens is 1. The fourth-order valence-electron chi connectivity index (χ4n) is 2.08. The van der Waals surface area contributed by atoms with Gasteiger partial charge >= 0.3 is 0 Å². The van der Waals surface area contributed by atoms with Gasteiger partial charge in [0.1, 0.15) is 22.7 Å². The molecule has 3 rings (SSSR count). The number of rotatable bonds is 4. The fourth-order valence-corrected chi connectivity index (χ4v) is 3.09. The molecule has 0 bridgehead atoms. The van der Waals surface area contributed by atoms with E-state index in [-0.39, 0.29) is 11.9 Å².